The molecule has 4 heteroatoms. The largest absolute Gasteiger partial charge is 0.322 e. The molecule has 0 heterocycles. The SMILES string of the molecule is Cc1ccc(NC(=O)N(CC2CC2C)C(C)C)cc1Cl. The highest BCUT2D eigenvalue weighted by Gasteiger charge is 2.35. The minimum Gasteiger partial charge on any atom is -0.322 e. The van der Waals surface area contributed by atoms with Crippen LogP contribution in [0.25, 0.3) is 0 Å². The molecule has 2 unspecified atom stereocenters. The predicted octanol–water partition coefficient (Wildman–Crippen LogP) is 4.55. The van der Waals surface area contributed by atoms with E-state index in [0.29, 0.717) is 10.9 Å². The Bertz CT molecular complexity index is 501. The van der Waals surface area contributed by atoms with E-state index in [1.807, 2.05) is 24.0 Å². The fourth-order valence-corrected chi connectivity index (χ4v) is 2.48. The second kappa shape index (κ2) is 6.04. The fraction of sp³-hybridized carbons (Fsp3) is 0.562. The summed E-state index contributed by atoms with van der Waals surface area (Å²) in [6.07, 6.45) is 1.23. The Hall–Kier alpha value is -1.22. The molecule has 1 aromatic rings. The van der Waals surface area contributed by atoms with Gasteiger partial charge in [0.15, 0.2) is 0 Å². The van der Waals surface area contributed by atoms with Gasteiger partial charge >= 0.3 is 6.03 Å². The summed E-state index contributed by atoms with van der Waals surface area (Å²) < 4.78 is 0. The van der Waals surface area contributed by atoms with E-state index in [2.05, 4.69) is 26.1 Å². The van der Waals surface area contributed by atoms with Crippen molar-refractivity contribution in [2.75, 3.05) is 11.9 Å². The number of aryl methyl sites for hydroxylation is 1. The molecule has 0 saturated heterocycles. The van der Waals surface area contributed by atoms with E-state index in [1.165, 1.54) is 6.42 Å². The smallest absolute Gasteiger partial charge is 0.322 e. The van der Waals surface area contributed by atoms with Gasteiger partial charge in [0.2, 0.25) is 0 Å². The van der Waals surface area contributed by atoms with Gasteiger partial charge in [0.05, 0.1) is 0 Å². The maximum Gasteiger partial charge on any atom is 0.322 e. The number of halogens is 1. The van der Waals surface area contributed by atoms with Crippen molar-refractivity contribution >= 4 is 23.3 Å². The molecule has 1 aliphatic rings. The number of benzene rings is 1. The second-order valence-corrected chi connectivity index (χ2v) is 6.52. The second-order valence-electron chi connectivity index (χ2n) is 6.11. The summed E-state index contributed by atoms with van der Waals surface area (Å²) in [4.78, 5) is 14.3. The average molecular weight is 295 g/mol. The Labute approximate surface area is 126 Å². The maximum atomic E-state index is 12.4. The first-order valence-corrected chi connectivity index (χ1v) is 7.60. The molecule has 0 radical (unpaired) electrons. The highest BCUT2D eigenvalue weighted by molar-refractivity contribution is 6.31. The highest BCUT2D eigenvalue weighted by Crippen LogP contribution is 2.38. The zero-order valence-electron chi connectivity index (χ0n) is 12.6. The first-order valence-electron chi connectivity index (χ1n) is 7.22. The van der Waals surface area contributed by atoms with Crippen molar-refractivity contribution in [3.8, 4) is 0 Å². The number of urea groups is 1. The molecule has 1 saturated carbocycles. The van der Waals surface area contributed by atoms with Crippen LogP contribution in [0.2, 0.25) is 5.02 Å². The van der Waals surface area contributed by atoms with Gasteiger partial charge in [-0.25, -0.2) is 4.79 Å². The summed E-state index contributed by atoms with van der Waals surface area (Å²) in [6, 6.07) is 5.76. The van der Waals surface area contributed by atoms with Crippen molar-refractivity contribution in [2.24, 2.45) is 11.8 Å². The molecule has 0 bridgehead atoms. The van der Waals surface area contributed by atoms with Crippen molar-refractivity contribution in [1.29, 1.82) is 0 Å². The number of hydrogen-bond acceptors (Lipinski definition) is 1. The van der Waals surface area contributed by atoms with Crippen LogP contribution >= 0.6 is 11.6 Å². The quantitative estimate of drug-likeness (QED) is 0.868. The number of carbonyl (C=O) groups excluding carboxylic acids is 1. The Balaban J connectivity index is 2.01. The van der Waals surface area contributed by atoms with Gasteiger partial charge in [0.1, 0.15) is 0 Å². The van der Waals surface area contributed by atoms with Gasteiger partial charge in [-0.05, 0) is 56.7 Å². The fourth-order valence-electron chi connectivity index (χ4n) is 2.30. The molecule has 2 amide bonds. The van der Waals surface area contributed by atoms with Gasteiger partial charge in [-0.1, -0.05) is 24.6 Å². The van der Waals surface area contributed by atoms with E-state index >= 15 is 0 Å². The number of nitrogens with zero attached hydrogens (tertiary/aromatic N) is 1. The molecule has 110 valence electrons. The van der Waals surface area contributed by atoms with Crippen LogP contribution in [0.5, 0.6) is 0 Å². The molecule has 1 fully saturated rings. The van der Waals surface area contributed by atoms with Crippen molar-refractivity contribution in [3.05, 3.63) is 28.8 Å². The summed E-state index contributed by atoms with van der Waals surface area (Å²) in [5.74, 6) is 1.41. The Kier molecular flexibility index (Phi) is 4.59. The lowest BCUT2D eigenvalue weighted by Crippen LogP contribution is -2.41. The highest BCUT2D eigenvalue weighted by atomic mass is 35.5. The molecule has 0 aromatic heterocycles. The van der Waals surface area contributed by atoms with Gasteiger partial charge in [-0.15, -0.1) is 0 Å². The van der Waals surface area contributed by atoms with Crippen LogP contribution in [0.15, 0.2) is 18.2 Å². The van der Waals surface area contributed by atoms with E-state index in [4.69, 9.17) is 11.6 Å². The van der Waals surface area contributed by atoms with Crippen LogP contribution in [0, 0.1) is 18.8 Å². The lowest BCUT2D eigenvalue weighted by atomic mass is 10.2. The Morgan fingerprint density at radius 2 is 2.15 bits per heavy atom. The first-order chi connectivity index (χ1) is 9.38. The summed E-state index contributed by atoms with van der Waals surface area (Å²) in [6.45, 7) is 9.12. The minimum absolute atomic E-state index is 0.0426. The molecule has 1 N–H and O–H groups in total. The third kappa shape index (κ3) is 3.66. The predicted molar refractivity (Wildman–Crippen MR) is 84.3 cm³/mol. The molecule has 1 aliphatic carbocycles. The van der Waals surface area contributed by atoms with E-state index < -0.39 is 0 Å². The van der Waals surface area contributed by atoms with Gasteiger partial charge in [0.25, 0.3) is 0 Å². The third-order valence-electron chi connectivity index (χ3n) is 4.01. The molecule has 0 aliphatic heterocycles. The minimum atomic E-state index is -0.0426. The molecular formula is C16H23ClN2O. The van der Waals surface area contributed by atoms with Crippen molar-refractivity contribution in [3.63, 3.8) is 0 Å². The van der Waals surface area contributed by atoms with Crippen molar-refractivity contribution in [1.82, 2.24) is 4.90 Å². The average Bonchev–Trinajstić information content (AvgIpc) is 3.06. The molecule has 1 aromatic carbocycles. The number of anilines is 1. The molecule has 20 heavy (non-hydrogen) atoms. The number of nitrogens with one attached hydrogen (secondary N) is 1. The standard InChI is InChI=1S/C16H23ClN2O/c1-10(2)19(9-13-7-12(13)4)16(20)18-14-6-5-11(3)15(17)8-14/h5-6,8,10,12-13H,7,9H2,1-4H3,(H,18,20). The van der Waals surface area contributed by atoms with Crippen LogP contribution in [-0.2, 0) is 0 Å². The molecule has 3 nitrogen and oxygen atoms in total. The lowest BCUT2D eigenvalue weighted by molar-refractivity contribution is 0.193. The number of rotatable bonds is 4. The Morgan fingerprint density at radius 3 is 2.65 bits per heavy atom. The van der Waals surface area contributed by atoms with Gasteiger partial charge in [-0.2, -0.15) is 0 Å². The summed E-state index contributed by atoms with van der Waals surface area (Å²) >= 11 is 6.09. The van der Waals surface area contributed by atoms with Crippen molar-refractivity contribution < 1.29 is 4.79 Å². The zero-order chi connectivity index (χ0) is 14.9. The van der Waals surface area contributed by atoms with Crippen LogP contribution in [0.1, 0.15) is 32.8 Å². The summed E-state index contributed by atoms with van der Waals surface area (Å²) in [7, 11) is 0. The normalized spacial score (nSPS) is 20.9. The van der Waals surface area contributed by atoms with E-state index in [1.54, 1.807) is 6.07 Å². The third-order valence-corrected chi connectivity index (χ3v) is 4.42. The monoisotopic (exact) mass is 294 g/mol. The van der Waals surface area contributed by atoms with E-state index in [0.717, 1.165) is 23.7 Å². The van der Waals surface area contributed by atoms with Crippen LogP contribution in [0.3, 0.4) is 0 Å². The molecular weight excluding hydrogens is 272 g/mol. The van der Waals surface area contributed by atoms with Gasteiger partial charge in [-0.3, -0.25) is 0 Å². The number of amides is 2. The van der Waals surface area contributed by atoms with Gasteiger partial charge in [0, 0.05) is 23.3 Å². The van der Waals surface area contributed by atoms with E-state index in [9.17, 15) is 4.79 Å². The van der Waals surface area contributed by atoms with Crippen LogP contribution < -0.4 is 5.32 Å². The van der Waals surface area contributed by atoms with E-state index in [-0.39, 0.29) is 12.1 Å². The Morgan fingerprint density at radius 1 is 1.50 bits per heavy atom. The topological polar surface area (TPSA) is 32.3 Å². The first kappa shape index (κ1) is 15.2. The molecule has 2 atom stereocenters. The van der Waals surface area contributed by atoms with Crippen LogP contribution in [-0.4, -0.2) is 23.5 Å². The molecule has 2 rings (SSSR count). The number of hydrogen-bond donors (Lipinski definition) is 1. The van der Waals surface area contributed by atoms with Crippen LogP contribution in [0.4, 0.5) is 10.5 Å². The summed E-state index contributed by atoms with van der Waals surface area (Å²) in [5.41, 5.74) is 1.76. The summed E-state index contributed by atoms with van der Waals surface area (Å²) in [5, 5.41) is 3.62. The lowest BCUT2D eigenvalue weighted by Gasteiger charge is -2.27. The number of carbonyl (C=O) groups is 1. The maximum absolute atomic E-state index is 12.4. The van der Waals surface area contributed by atoms with Gasteiger partial charge < -0.3 is 10.2 Å². The molecule has 0 spiro atoms. The van der Waals surface area contributed by atoms with Crippen molar-refractivity contribution in [2.45, 2.75) is 40.2 Å². The zero-order valence-corrected chi connectivity index (χ0v) is 13.4.